The molecule has 1 fully saturated rings. The first kappa shape index (κ1) is 31.9. The van der Waals surface area contributed by atoms with Gasteiger partial charge in [0.2, 0.25) is 21.8 Å². The molecule has 0 aliphatic heterocycles. The van der Waals surface area contributed by atoms with Gasteiger partial charge in [-0.05, 0) is 36.1 Å². The number of methoxy groups -OCH3 is 2. The third-order valence-corrected chi connectivity index (χ3v) is 8.88. The Morgan fingerprint density at radius 3 is 2.09 bits per heavy atom. The van der Waals surface area contributed by atoms with Gasteiger partial charge in [-0.1, -0.05) is 79.9 Å². The molecule has 0 bridgehead atoms. The molecule has 0 saturated heterocycles. The zero-order valence-corrected chi connectivity index (χ0v) is 25.9. The maximum absolute atomic E-state index is 14.3. The van der Waals surface area contributed by atoms with Crippen LogP contribution in [0.25, 0.3) is 0 Å². The summed E-state index contributed by atoms with van der Waals surface area (Å²) < 4.78 is 38.1. The number of nitrogens with zero attached hydrogens (tertiary/aromatic N) is 2. The number of rotatable bonds is 13. The Morgan fingerprint density at radius 1 is 0.884 bits per heavy atom. The minimum absolute atomic E-state index is 0.0433. The van der Waals surface area contributed by atoms with E-state index < -0.39 is 28.5 Å². The molecule has 9 nitrogen and oxygen atoms in total. The molecule has 1 aliphatic carbocycles. The fourth-order valence-corrected chi connectivity index (χ4v) is 6.31. The highest BCUT2D eigenvalue weighted by molar-refractivity contribution is 7.92. The van der Waals surface area contributed by atoms with Gasteiger partial charge in [0.1, 0.15) is 24.1 Å². The fourth-order valence-electron chi connectivity index (χ4n) is 5.46. The molecular weight excluding hydrogens is 566 g/mol. The molecule has 230 valence electrons. The zero-order chi connectivity index (χ0) is 30.8. The molecule has 3 aromatic rings. The van der Waals surface area contributed by atoms with E-state index in [4.69, 9.17) is 9.47 Å². The summed E-state index contributed by atoms with van der Waals surface area (Å²) in [4.78, 5) is 29.8. The fraction of sp³-hybridized carbons (Fsp3) is 0.394. The van der Waals surface area contributed by atoms with Crippen molar-refractivity contribution in [2.75, 3.05) is 31.3 Å². The molecule has 1 aliphatic rings. The van der Waals surface area contributed by atoms with Crippen molar-refractivity contribution in [1.29, 1.82) is 0 Å². The lowest BCUT2D eigenvalue weighted by atomic mass is 9.94. The zero-order valence-electron chi connectivity index (χ0n) is 25.1. The number of hydrogen-bond acceptors (Lipinski definition) is 6. The molecular formula is C33H41N3O6S. The van der Waals surface area contributed by atoms with Crippen LogP contribution in [0.2, 0.25) is 0 Å². The van der Waals surface area contributed by atoms with Gasteiger partial charge in [-0.2, -0.15) is 0 Å². The van der Waals surface area contributed by atoms with Gasteiger partial charge in [0.15, 0.2) is 0 Å². The lowest BCUT2D eigenvalue weighted by Crippen LogP contribution is -2.55. The first-order valence-corrected chi connectivity index (χ1v) is 16.4. The molecule has 1 saturated carbocycles. The van der Waals surface area contributed by atoms with Crippen LogP contribution in [0.3, 0.4) is 0 Å². The number of benzene rings is 3. The molecule has 0 radical (unpaired) electrons. The van der Waals surface area contributed by atoms with E-state index in [1.54, 1.807) is 12.1 Å². The summed E-state index contributed by atoms with van der Waals surface area (Å²) in [5.41, 5.74) is 1.89. The SMILES string of the molecule is COc1ccc(OC)c(N(CC(=O)N(Cc2ccccc2)[C@@H](Cc2ccccc2)C(=O)NC2CCCCC2)S(C)(=O)=O)c1. The van der Waals surface area contributed by atoms with Crippen molar-refractivity contribution in [1.82, 2.24) is 10.2 Å². The van der Waals surface area contributed by atoms with Crippen molar-refractivity contribution in [3.63, 3.8) is 0 Å². The van der Waals surface area contributed by atoms with E-state index in [0.717, 1.165) is 53.8 Å². The average Bonchev–Trinajstić information content (AvgIpc) is 3.02. The number of carbonyl (C=O) groups is 2. The highest BCUT2D eigenvalue weighted by Crippen LogP contribution is 2.34. The van der Waals surface area contributed by atoms with Crippen LogP contribution in [-0.2, 0) is 32.6 Å². The lowest BCUT2D eigenvalue weighted by molar-refractivity contribution is -0.140. The maximum atomic E-state index is 14.3. The normalized spacial score (nSPS) is 14.4. The van der Waals surface area contributed by atoms with Crippen molar-refractivity contribution < 1.29 is 27.5 Å². The van der Waals surface area contributed by atoms with E-state index in [-0.39, 0.29) is 36.4 Å². The Kier molecular flexibility index (Phi) is 11.1. The largest absolute Gasteiger partial charge is 0.497 e. The quantitative estimate of drug-likeness (QED) is 0.306. The van der Waals surface area contributed by atoms with E-state index in [1.807, 2.05) is 60.7 Å². The van der Waals surface area contributed by atoms with E-state index in [9.17, 15) is 18.0 Å². The van der Waals surface area contributed by atoms with Crippen LogP contribution < -0.4 is 19.1 Å². The van der Waals surface area contributed by atoms with Gasteiger partial charge in [0.05, 0.1) is 26.2 Å². The number of sulfonamides is 1. The molecule has 0 aromatic heterocycles. The number of nitrogens with one attached hydrogen (secondary N) is 1. The van der Waals surface area contributed by atoms with Crippen LogP contribution in [0.5, 0.6) is 11.5 Å². The molecule has 10 heteroatoms. The van der Waals surface area contributed by atoms with Crippen molar-refractivity contribution in [2.24, 2.45) is 0 Å². The molecule has 2 amide bonds. The van der Waals surface area contributed by atoms with Crippen molar-refractivity contribution in [2.45, 2.75) is 57.2 Å². The monoisotopic (exact) mass is 607 g/mol. The first-order valence-electron chi connectivity index (χ1n) is 14.6. The summed E-state index contributed by atoms with van der Waals surface area (Å²) in [6.07, 6.45) is 6.35. The number of anilines is 1. The van der Waals surface area contributed by atoms with Gasteiger partial charge < -0.3 is 19.7 Å². The Labute approximate surface area is 254 Å². The first-order chi connectivity index (χ1) is 20.7. The van der Waals surface area contributed by atoms with Gasteiger partial charge in [-0.25, -0.2) is 8.42 Å². The number of ether oxygens (including phenoxy) is 2. The predicted molar refractivity (Wildman–Crippen MR) is 168 cm³/mol. The van der Waals surface area contributed by atoms with E-state index in [1.165, 1.54) is 25.2 Å². The highest BCUT2D eigenvalue weighted by Gasteiger charge is 2.34. The maximum Gasteiger partial charge on any atom is 0.244 e. The van der Waals surface area contributed by atoms with Crippen LogP contribution in [0.1, 0.15) is 43.2 Å². The summed E-state index contributed by atoms with van der Waals surface area (Å²) >= 11 is 0. The summed E-state index contributed by atoms with van der Waals surface area (Å²) in [6, 6.07) is 22.9. The molecule has 1 N–H and O–H groups in total. The highest BCUT2D eigenvalue weighted by atomic mass is 32.2. The van der Waals surface area contributed by atoms with Crippen LogP contribution in [0.4, 0.5) is 5.69 Å². The van der Waals surface area contributed by atoms with Crippen molar-refractivity contribution >= 4 is 27.5 Å². The van der Waals surface area contributed by atoms with Gasteiger partial charge in [0.25, 0.3) is 0 Å². The van der Waals surface area contributed by atoms with Crippen molar-refractivity contribution in [3.05, 3.63) is 90.0 Å². The van der Waals surface area contributed by atoms with E-state index >= 15 is 0 Å². The Morgan fingerprint density at radius 2 is 1.51 bits per heavy atom. The molecule has 43 heavy (non-hydrogen) atoms. The standard InChI is InChI=1S/C33H41N3O6S/c1-41-28-19-20-31(42-2)29(22-28)36(43(3,39)40)24-32(37)35(23-26-15-9-5-10-16-26)30(21-25-13-7-4-8-14-25)33(38)34-27-17-11-6-12-18-27/h4-5,7-10,13-16,19-20,22,27,30H,6,11-12,17-18,21,23-24H2,1-3H3,(H,34,38)/t30-/m0/s1. The average molecular weight is 608 g/mol. The Hall–Kier alpha value is -4.05. The van der Waals surface area contributed by atoms with Gasteiger partial charge >= 0.3 is 0 Å². The second kappa shape index (κ2) is 14.9. The van der Waals surface area contributed by atoms with Gasteiger partial charge in [0, 0.05) is 25.1 Å². The minimum atomic E-state index is -3.95. The molecule has 4 rings (SSSR count). The molecule has 1 atom stereocenters. The topological polar surface area (TPSA) is 105 Å². The summed E-state index contributed by atoms with van der Waals surface area (Å²) in [7, 11) is -1.05. The van der Waals surface area contributed by atoms with E-state index in [0.29, 0.717) is 5.75 Å². The lowest BCUT2D eigenvalue weighted by Gasteiger charge is -2.35. The third-order valence-electron chi connectivity index (χ3n) is 7.75. The van der Waals surface area contributed by atoms with Gasteiger partial charge in [-0.3, -0.25) is 13.9 Å². The smallest absolute Gasteiger partial charge is 0.244 e. The second-order valence-corrected chi connectivity index (χ2v) is 12.8. The van der Waals surface area contributed by atoms with Crippen LogP contribution in [0, 0.1) is 0 Å². The third kappa shape index (κ3) is 8.73. The summed E-state index contributed by atoms with van der Waals surface area (Å²) in [6.45, 7) is -0.403. The summed E-state index contributed by atoms with van der Waals surface area (Å²) in [5.74, 6) is -0.0832. The van der Waals surface area contributed by atoms with Gasteiger partial charge in [-0.15, -0.1) is 0 Å². The summed E-state index contributed by atoms with van der Waals surface area (Å²) in [5, 5.41) is 3.21. The van der Waals surface area contributed by atoms with E-state index in [2.05, 4.69) is 5.32 Å². The number of carbonyl (C=O) groups excluding carboxylic acids is 2. The minimum Gasteiger partial charge on any atom is -0.497 e. The van der Waals surface area contributed by atoms with Crippen molar-refractivity contribution in [3.8, 4) is 11.5 Å². The molecule has 0 heterocycles. The van der Waals surface area contributed by atoms with Crippen LogP contribution >= 0.6 is 0 Å². The van der Waals surface area contributed by atoms with Crippen LogP contribution in [-0.4, -0.2) is 64.2 Å². The number of hydrogen-bond donors (Lipinski definition) is 1. The second-order valence-electron chi connectivity index (χ2n) is 10.9. The van der Waals surface area contributed by atoms with Crippen LogP contribution in [0.15, 0.2) is 78.9 Å². The molecule has 0 spiro atoms. The Bertz CT molecular complexity index is 1460. The number of amides is 2. The molecule has 3 aromatic carbocycles. The predicted octanol–water partition coefficient (Wildman–Crippen LogP) is 4.56. The Balaban J connectivity index is 1.74. The molecule has 0 unspecified atom stereocenters.